The van der Waals surface area contributed by atoms with Gasteiger partial charge in [-0.25, -0.2) is 0 Å². The van der Waals surface area contributed by atoms with Crippen LogP contribution in [-0.4, -0.2) is 24.7 Å². The summed E-state index contributed by atoms with van der Waals surface area (Å²) in [5, 5.41) is 12.7. The lowest BCUT2D eigenvalue weighted by Gasteiger charge is -2.19. The average molecular weight is 297 g/mol. The molecule has 0 bridgehead atoms. The monoisotopic (exact) mass is 297 g/mol. The fraction of sp³-hybridized carbons (Fsp3) is 0.235. The van der Waals surface area contributed by atoms with Crippen LogP contribution in [0.25, 0.3) is 0 Å². The van der Waals surface area contributed by atoms with E-state index in [2.05, 4.69) is 11.9 Å². The molecule has 1 aromatic carbocycles. The minimum absolute atomic E-state index is 0.234. The summed E-state index contributed by atoms with van der Waals surface area (Å²) >= 11 is 0. The van der Waals surface area contributed by atoms with Crippen LogP contribution in [0, 0.1) is 0 Å². The summed E-state index contributed by atoms with van der Waals surface area (Å²) in [4.78, 5) is 12.2. The maximum atomic E-state index is 12.2. The number of carbonyl (C=O) groups excluding carboxylic acids is 1. The lowest BCUT2D eigenvalue weighted by molar-refractivity contribution is -0.112. The summed E-state index contributed by atoms with van der Waals surface area (Å²) < 4.78 is 5.20. The molecule has 2 N–H and O–H groups in total. The van der Waals surface area contributed by atoms with Gasteiger partial charge in [-0.3, -0.25) is 4.79 Å². The molecule has 5 heteroatoms. The van der Waals surface area contributed by atoms with E-state index >= 15 is 0 Å². The first-order chi connectivity index (χ1) is 10.7. The molecule has 0 spiro atoms. The lowest BCUT2D eigenvalue weighted by atomic mass is 9.73. The van der Waals surface area contributed by atoms with Crippen molar-refractivity contribution in [1.29, 1.82) is 0 Å². The Morgan fingerprint density at radius 3 is 3.09 bits per heavy atom. The Morgan fingerprint density at radius 2 is 2.36 bits per heavy atom. The number of benzene rings is 1. The third-order valence-corrected chi connectivity index (χ3v) is 3.45. The molecule has 1 heterocycles. The van der Waals surface area contributed by atoms with Crippen molar-refractivity contribution in [2.24, 2.45) is 0 Å². The molecule has 0 unspecified atom stereocenters. The van der Waals surface area contributed by atoms with Gasteiger partial charge in [-0.2, -0.15) is 0 Å². The molecule has 0 radical (unpaired) electrons. The Bertz CT molecular complexity index is 622. The second-order valence-corrected chi connectivity index (χ2v) is 5.00. The van der Waals surface area contributed by atoms with E-state index in [0.717, 1.165) is 18.4 Å². The molecule has 1 aliphatic rings. The van der Waals surface area contributed by atoms with Crippen molar-refractivity contribution in [3.63, 3.8) is 0 Å². The van der Waals surface area contributed by atoms with Gasteiger partial charge in [0.05, 0.1) is 0 Å². The SMILES string of the molecule is C=CC(=CC=CCC)C(=O)Nc1ccc2c(c1)B(O)OCC2. The first-order valence-corrected chi connectivity index (χ1v) is 7.38. The molecule has 0 saturated heterocycles. The zero-order valence-electron chi connectivity index (χ0n) is 12.7. The molecular weight excluding hydrogens is 277 g/mol. The first-order valence-electron chi connectivity index (χ1n) is 7.38. The third kappa shape index (κ3) is 3.96. The molecule has 1 amide bonds. The van der Waals surface area contributed by atoms with E-state index in [9.17, 15) is 9.82 Å². The van der Waals surface area contributed by atoms with E-state index in [1.54, 1.807) is 12.1 Å². The van der Waals surface area contributed by atoms with Gasteiger partial charge in [-0.05, 0) is 42.1 Å². The molecular formula is C17H20BNO3. The van der Waals surface area contributed by atoms with Crippen molar-refractivity contribution in [2.45, 2.75) is 19.8 Å². The van der Waals surface area contributed by atoms with E-state index in [1.807, 2.05) is 31.2 Å². The summed E-state index contributed by atoms with van der Waals surface area (Å²) in [5.74, 6) is -0.234. The third-order valence-electron chi connectivity index (χ3n) is 3.45. The van der Waals surface area contributed by atoms with Crippen molar-refractivity contribution < 1.29 is 14.5 Å². The van der Waals surface area contributed by atoms with Crippen LogP contribution in [0.5, 0.6) is 0 Å². The number of hydrogen-bond acceptors (Lipinski definition) is 3. The molecule has 0 aliphatic carbocycles. The summed E-state index contributed by atoms with van der Waals surface area (Å²) in [6.45, 7) is 6.19. The Hall–Kier alpha value is -2.11. The zero-order valence-corrected chi connectivity index (χ0v) is 12.7. The number of nitrogens with one attached hydrogen (secondary N) is 1. The molecule has 1 aliphatic heterocycles. The minimum Gasteiger partial charge on any atom is -0.423 e. The Kier molecular flexibility index (Phi) is 5.75. The highest BCUT2D eigenvalue weighted by atomic mass is 16.5. The van der Waals surface area contributed by atoms with Gasteiger partial charge in [0.2, 0.25) is 0 Å². The largest absolute Gasteiger partial charge is 0.491 e. The van der Waals surface area contributed by atoms with E-state index in [1.165, 1.54) is 6.08 Å². The maximum Gasteiger partial charge on any atom is 0.491 e. The molecule has 22 heavy (non-hydrogen) atoms. The first kappa shape index (κ1) is 16.3. The highest BCUT2D eigenvalue weighted by Crippen LogP contribution is 2.14. The quantitative estimate of drug-likeness (QED) is 0.496. The van der Waals surface area contributed by atoms with Gasteiger partial charge in [0, 0.05) is 17.9 Å². The Labute approximate surface area is 131 Å². The summed E-state index contributed by atoms with van der Waals surface area (Å²) in [6.07, 6.45) is 8.71. The number of amides is 1. The van der Waals surface area contributed by atoms with Crippen molar-refractivity contribution in [3.8, 4) is 0 Å². The van der Waals surface area contributed by atoms with E-state index in [0.29, 0.717) is 23.3 Å². The van der Waals surface area contributed by atoms with Gasteiger partial charge in [0.15, 0.2) is 0 Å². The van der Waals surface area contributed by atoms with Crippen molar-refractivity contribution in [3.05, 3.63) is 60.2 Å². The smallest absolute Gasteiger partial charge is 0.423 e. The van der Waals surface area contributed by atoms with Crippen molar-refractivity contribution >= 4 is 24.2 Å². The minimum atomic E-state index is -0.928. The number of anilines is 1. The molecule has 0 fully saturated rings. The zero-order chi connectivity index (χ0) is 15.9. The summed E-state index contributed by atoms with van der Waals surface area (Å²) in [6, 6.07) is 5.49. The van der Waals surface area contributed by atoms with Gasteiger partial charge >= 0.3 is 7.12 Å². The molecule has 0 atom stereocenters. The summed E-state index contributed by atoms with van der Waals surface area (Å²) in [7, 11) is -0.928. The Balaban J connectivity index is 2.14. The molecule has 114 valence electrons. The molecule has 4 nitrogen and oxygen atoms in total. The average Bonchev–Trinajstić information content (AvgIpc) is 2.52. The number of allylic oxidation sites excluding steroid dienone is 3. The molecule has 0 aromatic heterocycles. The normalized spacial score (nSPS) is 14.8. The number of hydrogen-bond donors (Lipinski definition) is 2. The van der Waals surface area contributed by atoms with Crippen LogP contribution in [-0.2, 0) is 15.9 Å². The van der Waals surface area contributed by atoms with Crippen LogP contribution in [0.2, 0.25) is 0 Å². The number of fused-ring (bicyclic) bond motifs is 1. The molecule has 2 rings (SSSR count). The topological polar surface area (TPSA) is 58.6 Å². The standard InChI is InChI=1S/C17H20BNO3/c1-3-5-6-7-13(4-2)17(20)19-15-9-8-14-10-11-22-18(21)16(14)12-15/h4-9,12,21H,2-3,10-11H2,1H3,(H,19,20). The molecule has 1 aromatic rings. The van der Waals surface area contributed by atoms with Crippen LogP contribution in [0.15, 0.2) is 54.7 Å². The van der Waals surface area contributed by atoms with Crippen LogP contribution in [0.3, 0.4) is 0 Å². The summed E-state index contributed by atoms with van der Waals surface area (Å²) in [5.41, 5.74) is 2.86. The van der Waals surface area contributed by atoms with Crippen LogP contribution in [0.1, 0.15) is 18.9 Å². The highest BCUT2D eigenvalue weighted by Gasteiger charge is 2.25. The van der Waals surface area contributed by atoms with Crippen LogP contribution >= 0.6 is 0 Å². The lowest BCUT2D eigenvalue weighted by Crippen LogP contribution is -2.41. The highest BCUT2D eigenvalue weighted by molar-refractivity contribution is 6.61. The fourth-order valence-corrected chi connectivity index (χ4v) is 2.25. The second-order valence-electron chi connectivity index (χ2n) is 5.00. The van der Waals surface area contributed by atoms with Gasteiger partial charge in [-0.1, -0.05) is 37.8 Å². The van der Waals surface area contributed by atoms with Gasteiger partial charge in [-0.15, -0.1) is 0 Å². The second kappa shape index (κ2) is 7.78. The van der Waals surface area contributed by atoms with E-state index < -0.39 is 7.12 Å². The predicted octanol–water partition coefficient (Wildman–Crippen LogP) is 1.96. The van der Waals surface area contributed by atoms with Gasteiger partial charge in [0.25, 0.3) is 5.91 Å². The van der Waals surface area contributed by atoms with Gasteiger partial charge < -0.3 is 15.0 Å². The molecule has 0 saturated carbocycles. The maximum absolute atomic E-state index is 12.2. The number of rotatable bonds is 5. The van der Waals surface area contributed by atoms with Crippen molar-refractivity contribution in [1.82, 2.24) is 0 Å². The van der Waals surface area contributed by atoms with E-state index in [4.69, 9.17) is 4.65 Å². The van der Waals surface area contributed by atoms with Crippen LogP contribution in [0.4, 0.5) is 5.69 Å². The Morgan fingerprint density at radius 1 is 1.55 bits per heavy atom. The van der Waals surface area contributed by atoms with E-state index in [-0.39, 0.29) is 5.91 Å². The number of carbonyl (C=O) groups is 1. The van der Waals surface area contributed by atoms with Crippen LogP contribution < -0.4 is 10.8 Å². The fourth-order valence-electron chi connectivity index (χ4n) is 2.25. The van der Waals surface area contributed by atoms with Crippen molar-refractivity contribution in [2.75, 3.05) is 11.9 Å². The van der Waals surface area contributed by atoms with Gasteiger partial charge in [0.1, 0.15) is 0 Å². The predicted molar refractivity (Wildman–Crippen MR) is 90.0 cm³/mol.